The number of hydrogen-bond donors (Lipinski definition) is 1. The molecule has 144 valence electrons. The number of aromatic nitrogens is 2. The Kier molecular flexibility index (Phi) is 5.73. The number of amides is 1. The summed E-state index contributed by atoms with van der Waals surface area (Å²) < 4.78 is 1.65. The van der Waals surface area contributed by atoms with Crippen LogP contribution in [0.15, 0.2) is 59.4 Å². The van der Waals surface area contributed by atoms with E-state index in [-0.39, 0.29) is 17.3 Å². The van der Waals surface area contributed by atoms with Crippen LogP contribution in [-0.4, -0.2) is 15.7 Å². The lowest BCUT2D eigenvalue weighted by molar-refractivity contribution is -0.118. The molecule has 0 spiro atoms. The highest BCUT2D eigenvalue weighted by molar-refractivity contribution is 5.95. The number of rotatable bonds is 5. The maximum Gasteiger partial charge on any atom is 0.228 e. The number of hydrogen-bond acceptors (Lipinski definition) is 3. The van der Waals surface area contributed by atoms with Crippen molar-refractivity contribution >= 4 is 11.7 Å². The first-order chi connectivity index (χ1) is 13.4. The Morgan fingerprint density at radius 1 is 1.07 bits per heavy atom. The van der Waals surface area contributed by atoms with Crippen LogP contribution in [0.4, 0.5) is 5.82 Å². The Labute approximate surface area is 165 Å². The van der Waals surface area contributed by atoms with Crippen LogP contribution in [0.2, 0.25) is 0 Å². The summed E-state index contributed by atoms with van der Waals surface area (Å²) in [6, 6.07) is 17.3. The zero-order valence-corrected chi connectivity index (χ0v) is 16.7. The van der Waals surface area contributed by atoms with Gasteiger partial charge in [-0.2, -0.15) is 5.10 Å². The number of anilines is 1. The van der Waals surface area contributed by atoms with E-state index >= 15 is 0 Å². The lowest BCUT2D eigenvalue weighted by Crippen LogP contribution is -2.26. The van der Waals surface area contributed by atoms with Crippen molar-refractivity contribution in [2.75, 3.05) is 5.32 Å². The third-order valence-corrected chi connectivity index (χ3v) is 4.67. The summed E-state index contributed by atoms with van der Waals surface area (Å²) >= 11 is 0. The van der Waals surface area contributed by atoms with Gasteiger partial charge in [0.25, 0.3) is 0 Å². The van der Waals surface area contributed by atoms with Crippen molar-refractivity contribution in [2.45, 2.75) is 34.1 Å². The van der Waals surface area contributed by atoms with E-state index < -0.39 is 0 Å². The van der Waals surface area contributed by atoms with Crippen LogP contribution in [-0.2, 0) is 11.2 Å². The van der Waals surface area contributed by atoms with Crippen LogP contribution >= 0.6 is 0 Å². The van der Waals surface area contributed by atoms with Gasteiger partial charge in [-0.15, -0.1) is 0 Å². The highest BCUT2D eigenvalue weighted by atomic mass is 16.2. The zero-order chi connectivity index (χ0) is 20.3. The molecule has 28 heavy (non-hydrogen) atoms. The molecule has 1 N–H and O–H groups in total. The van der Waals surface area contributed by atoms with Crippen molar-refractivity contribution in [1.82, 2.24) is 9.78 Å². The topological polar surface area (TPSA) is 64.0 Å². The molecule has 0 saturated carbocycles. The average molecular weight is 375 g/mol. The molecule has 0 aliphatic heterocycles. The number of nitrogens with zero attached hydrogens (tertiary/aromatic N) is 2. The van der Waals surface area contributed by atoms with Gasteiger partial charge in [-0.1, -0.05) is 63.2 Å². The van der Waals surface area contributed by atoms with E-state index in [0.717, 1.165) is 17.7 Å². The summed E-state index contributed by atoms with van der Waals surface area (Å²) in [5.74, 6) is 0.00172. The van der Waals surface area contributed by atoms with Crippen LogP contribution in [0.5, 0.6) is 0 Å². The summed E-state index contributed by atoms with van der Waals surface area (Å²) in [5, 5.41) is 7.42. The number of benzene rings is 2. The van der Waals surface area contributed by atoms with Crippen molar-refractivity contribution in [3.8, 4) is 16.8 Å². The molecule has 1 heterocycles. The van der Waals surface area contributed by atoms with Gasteiger partial charge in [0.1, 0.15) is 11.5 Å². The minimum atomic E-state index is -0.226. The molecule has 1 amide bonds. The summed E-state index contributed by atoms with van der Waals surface area (Å²) in [5.41, 5.74) is 3.37. The third kappa shape index (κ3) is 3.88. The van der Waals surface area contributed by atoms with Crippen molar-refractivity contribution < 1.29 is 4.79 Å². The molecule has 0 radical (unpaired) electrons. The van der Waals surface area contributed by atoms with Crippen molar-refractivity contribution in [2.24, 2.45) is 5.92 Å². The molecule has 5 heteroatoms. The molecule has 0 bridgehead atoms. The van der Waals surface area contributed by atoms with Gasteiger partial charge in [-0.25, -0.2) is 4.68 Å². The second-order valence-corrected chi connectivity index (χ2v) is 7.08. The summed E-state index contributed by atoms with van der Waals surface area (Å²) in [4.78, 5) is 25.5. The van der Waals surface area contributed by atoms with E-state index in [0.29, 0.717) is 17.1 Å². The van der Waals surface area contributed by atoms with Crippen LogP contribution in [0.1, 0.15) is 32.0 Å². The lowest BCUT2D eigenvalue weighted by Gasteiger charge is -2.19. The SMILES string of the molecule is CCc1ccc(-n2nc(C)c(=O)c(-c3ccccc3)c2NC(=O)C(C)C)cc1. The van der Waals surface area contributed by atoms with Crippen molar-refractivity contribution in [3.05, 3.63) is 76.1 Å². The molecule has 3 rings (SSSR count). The van der Waals surface area contributed by atoms with Crippen LogP contribution < -0.4 is 10.7 Å². The van der Waals surface area contributed by atoms with E-state index in [1.165, 1.54) is 5.56 Å². The van der Waals surface area contributed by atoms with Gasteiger partial charge in [-0.05, 0) is 36.6 Å². The highest BCUT2D eigenvalue weighted by Crippen LogP contribution is 2.27. The highest BCUT2D eigenvalue weighted by Gasteiger charge is 2.21. The summed E-state index contributed by atoms with van der Waals surface area (Å²) in [6.45, 7) is 7.42. The van der Waals surface area contributed by atoms with Gasteiger partial charge < -0.3 is 5.32 Å². The predicted molar refractivity (Wildman–Crippen MR) is 113 cm³/mol. The quantitative estimate of drug-likeness (QED) is 0.720. The maximum absolute atomic E-state index is 13.0. The second-order valence-electron chi connectivity index (χ2n) is 7.08. The van der Waals surface area contributed by atoms with E-state index in [4.69, 9.17) is 0 Å². The molecule has 2 aromatic carbocycles. The number of aryl methyl sites for hydroxylation is 2. The minimum Gasteiger partial charge on any atom is -0.310 e. The van der Waals surface area contributed by atoms with E-state index in [1.807, 2.05) is 68.4 Å². The maximum atomic E-state index is 13.0. The molecule has 0 aliphatic rings. The smallest absolute Gasteiger partial charge is 0.228 e. The van der Waals surface area contributed by atoms with Gasteiger partial charge in [-0.3, -0.25) is 9.59 Å². The monoisotopic (exact) mass is 375 g/mol. The Bertz CT molecular complexity index is 1040. The fourth-order valence-electron chi connectivity index (χ4n) is 2.95. The molecular weight excluding hydrogens is 350 g/mol. The van der Waals surface area contributed by atoms with Gasteiger partial charge in [0.2, 0.25) is 11.3 Å². The van der Waals surface area contributed by atoms with Gasteiger partial charge in [0.05, 0.1) is 11.3 Å². The minimum absolute atomic E-state index is 0.166. The summed E-state index contributed by atoms with van der Waals surface area (Å²) in [7, 11) is 0. The molecule has 0 atom stereocenters. The Morgan fingerprint density at radius 2 is 1.71 bits per heavy atom. The fourth-order valence-corrected chi connectivity index (χ4v) is 2.95. The number of nitrogens with one attached hydrogen (secondary N) is 1. The first-order valence-electron chi connectivity index (χ1n) is 9.52. The molecular formula is C23H25N3O2. The van der Waals surface area contributed by atoms with Crippen molar-refractivity contribution in [3.63, 3.8) is 0 Å². The molecule has 0 unspecified atom stereocenters. The normalized spacial score (nSPS) is 10.9. The Balaban J connectivity index is 2.30. The van der Waals surface area contributed by atoms with Crippen LogP contribution in [0.3, 0.4) is 0 Å². The molecule has 3 aromatic rings. The predicted octanol–water partition coefficient (Wildman–Crippen LogP) is 4.36. The number of carbonyl (C=O) groups is 1. The first kappa shape index (κ1) is 19.5. The average Bonchev–Trinajstić information content (AvgIpc) is 2.71. The van der Waals surface area contributed by atoms with Gasteiger partial charge >= 0.3 is 0 Å². The fraction of sp³-hybridized carbons (Fsp3) is 0.261. The third-order valence-electron chi connectivity index (χ3n) is 4.67. The largest absolute Gasteiger partial charge is 0.310 e. The van der Waals surface area contributed by atoms with E-state index in [1.54, 1.807) is 11.6 Å². The van der Waals surface area contributed by atoms with Gasteiger partial charge in [0.15, 0.2) is 0 Å². The van der Waals surface area contributed by atoms with Crippen LogP contribution in [0.25, 0.3) is 16.8 Å². The van der Waals surface area contributed by atoms with E-state index in [2.05, 4.69) is 17.3 Å². The summed E-state index contributed by atoms with van der Waals surface area (Å²) in [6.07, 6.45) is 0.934. The molecule has 0 saturated heterocycles. The van der Waals surface area contributed by atoms with Gasteiger partial charge in [0, 0.05) is 5.92 Å². The standard InChI is InChI=1S/C23H25N3O2/c1-5-17-11-13-19(14-12-17)26-22(24-23(28)15(2)3)20(21(27)16(4)25-26)18-9-7-6-8-10-18/h6-15H,5H2,1-4H3,(H,24,28). The van der Waals surface area contributed by atoms with Crippen molar-refractivity contribution in [1.29, 1.82) is 0 Å². The molecule has 1 aromatic heterocycles. The van der Waals surface area contributed by atoms with Crippen LogP contribution in [0, 0.1) is 12.8 Å². The molecule has 0 aliphatic carbocycles. The molecule has 5 nitrogen and oxygen atoms in total. The second kappa shape index (κ2) is 8.21. The van der Waals surface area contributed by atoms with E-state index in [9.17, 15) is 9.59 Å². The lowest BCUT2D eigenvalue weighted by atomic mass is 10.0. The number of carbonyl (C=O) groups excluding carboxylic acids is 1. The first-order valence-corrected chi connectivity index (χ1v) is 9.52. The molecule has 0 fully saturated rings. The Morgan fingerprint density at radius 3 is 2.29 bits per heavy atom. The Hall–Kier alpha value is -3.21. The zero-order valence-electron chi connectivity index (χ0n) is 16.7.